The van der Waals surface area contributed by atoms with Gasteiger partial charge in [-0.1, -0.05) is 60.7 Å². The number of hydrogen-bond donors (Lipinski definition) is 2. The van der Waals surface area contributed by atoms with Crippen LogP contribution in [0.1, 0.15) is 0 Å². The summed E-state index contributed by atoms with van der Waals surface area (Å²) in [5, 5.41) is 1.12. The van der Waals surface area contributed by atoms with Crippen LogP contribution < -0.4 is 9.44 Å². The molecule has 6 nitrogen and oxygen atoms in total. The molecular weight excluding hydrogens is 534 g/mol. The maximum atomic E-state index is 13.2. The molecule has 0 fully saturated rings. The summed E-state index contributed by atoms with van der Waals surface area (Å²) in [5.41, 5.74) is -13.1. The van der Waals surface area contributed by atoms with Crippen molar-refractivity contribution in [2.24, 2.45) is 0 Å². The van der Waals surface area contributed by atoms with Crippen LogP contribution in [0.4, 0.5) is 37.7 Å². The van der Waals surface area contributed by atoms with E-state index >= 15 is 0 Å². The molecule has 0 saturated carbocycles. The first-order valence-electron chi connectivity index (χ1n) is 9.84. The van der Waals surface area contributed by atoms with E-state index in [0.29, 0.717) is 10.8 Å². The van der Waals surface area contributed by atoms with Gasteiger partial charge in [-0.25, -0.2) is 0 Å². The summed E-state index contributed by atoms with van der Waals surface area (Å²) >= 11 is 0. The molecule has 4 aromatic carbocycles. The van der Waals surface area contributed by atoms with Crippen LogP contribution in [0, 0.1) is 0 Å². The SMILES string of the molecule is O=S(=O)(Nc1ccc2ccccc2c1-c1c(NS(=O)(=O)C(F)(F)F)ccc2ccccc12)C(F)(F)F. The maximum Gasteiger partial charge on any atom is 0.516 e. The van der Waals surface area contributed by atoms with E-state index in [0.717, 1.165) is 12.1 Å². The highest BCUT2D eigenvalue weighted by Crippen LogP contribution is 2.45. The molecule has 2 N–H and O–H groups in total. The van der Waals surface area contributed by atoms with Gasteiger partial charge in [0.15, 0.2) is 0 Å². The van der Waals surface area contributed by atoms with Crippen LogP contribution in [0.5, 0.6) is 0 Å². The van der Waals surface area contributed by atoms with Crippen molar-refractivity contribution in [1.29, 1.82) is 0 Å². The molecule has 0 aliphatic heterocycles. The van der Waals surface area contributed by atoms with Gasteiger partial charge in [0.2, 0.25) is 0 Å². The summed E-state index contributed by atoms with van der Waals surface area (Å²) in [6, 6.07) is 16.7. The summed E-state index contributed by atoms with van der Waals surface area (Å²) in [4.78, 5) is 0. The molecule has 36 heavy (non-hydrogen) atoms. The predicted octanol–water partition coefficient (Wildman–Crippen LogP) is 6.18. The van der Waals surface area contributed by atoms with Crippen LogP contribution in [0.15, 0.2) is 72.8 Å². The number of rotatable bonds is 5. The van der Waals surface area contributed by atoms with Crippen LogP contribution in [0.3, 0.4) is 0 Å². The van der Waals surface area contributed by atoms with Crippen LogP contribution in [-0.2, 0) is 20.0 Å². The first-order valence-corrected chi connectivity index (χ1v) is 12.8. The van der Waals surface area contributed by atoms with Crippen molar-refractivity contribution in [3.05, 3.63) is 72.8 Å². The van der Waals surface area contributed by atoms with Gasteiger partial charge in [-0.15, -0.1) is 0 Å². The monoisotopic (exact) mass is 548 g/mol. The lowest BCUT2D eigenvalue weighted by Gasteiger charge is -2.21. The molecule has 0 radical (unpaired) electrons. The molecule has 0 aliphatic carbocycles. The highest BCUT2D eigenvalue weighted by Gasteiger charge is 2.47. The summed E-state index contributed by atoms with van der Waals surface area (Å²) < 4.78 is 130. The molecule has 0 unspecified atom stereocenters. The molecule has 0 heterocycles. The second kappa shape index (κ2) is 8.55. The smallest absolute Gasteiger partial charge is 0.275 e. The standard InChI is InChI=1S/C22H14F6N2O4S2/c23-21(24,25)35(31,32)29-17-11-9-13-5-1-3-7-15(13)19(17)20-16-8-4-2-6-14(16)10-12-18(20)30-36(33,34)22(26,27)28/h1-12,29-30H. The highest BCUT2D eigenvalue weighted by molar-refractivity contribution is 7.93. The Labute approximate surface area is 200 Å². The van der Waals surface area contributed by atoms with Crippen molar-refractivity contribution in [2.45, 2.75) is 11.0 Å². The first kappa shape index (κ1) is 25.6. The molecule has 4 aromatic rings. The molecule has 14 heteroatoms. The molecule has 0 aromatic heterocycles. The number of fused-ring (bicyclic) bond motifs is 2. The summed E-state index contributed by atoms with van der Waals surface area (Å²) in [7, 11) is -11.9. The zero-order valence-corrected chi connectivity index (χ0v) is 19.3. The van der Waals surface area contributed by atoms with Gasteiger partial charge in [0.25, 0.3) is 0 Å². The van der Waals surface area contributed by atoms with E-state index in [2.05, 4.69) is 0 Å². The average Bonchev–Trinajstić information content (AvgIpc) is 2.77. The van der Waals surface area contributed by atoms with Crippen molar-refractivity contribution < 1.29 is 43.2 Å². The van der Waals surface area contributed by atoms with E-state index < -0.39 is 42.4 Å². The molecule has 0 saturated heterocycles. The number of alkyl halides is 6. The van der Waals surface area contributed by atoms with E-state index in [4.69, 9.17) is 0 Å². The largest absolute Gasteiger partial charge is 0.516 e. The number of sulfonamides is 2. The van der Waals surface area contributed by atoms with Crippen molar-refractivity contribution in [3.63, 3.8) is 0 Å². The zero-order valence-electron chi connectivity index (χ0n) is 17.6. The maximum absolute atomic E-state index is 13.2. The fraction of sp³-hybridized carbons (Fsp3) is 0.0909. The minimum atomic E-state index is -5.94. The number of halogens is 6. The Balaban J connectivity index is 2.13. The highest BCUT2D eigenvalue weighted by atomic mass is 32.2. The molecular formula is C22H14F6N2O4S2. The van der Waals surface area contributed by atoms with E-state index in [1.807, 2.05) is 0 Å². The third-order valence-corrected chi connectivity index (χ3v) is 7.40. The van der Waals surface area contributed by atoms with E-state index in [1.54, 1.807) is 24.3 Å². The third kappa shape index (κ3) is 4.53. The second-order valence-electron chi connectivity index (χ2n) is 7.52. The Morgan fingerprint density at radius 1 is 0.500 bits per heavy atom. The van der Waals surface area contributed by atoms with E-state index in [1.165, 1.54) is 45.8 Å². The van der Waals surface area contributed by atoms with E-state index in [9.17, 15) is 43.2 Å². The first-order chi connectivity index (χ1) is 16.6. The topological polar surface area (TPSA) is 92.3 Å². The lowest BCUT2D eigenvalue weighted by atomic mass is 9.91. The molecule has 0 spiro atoms. The van der Waals surface area contributed by atoms with E-state index in [-0.39, 0.29) is 21.9 Å². The van der Waals surface area contributed by atoms with Gasteiger partial charge in [0.1, 0.15) is 0 Å². The predicted molar refractivity (Wildman–Crippen MR) is 124 cm³/mol. The summed E-state index contributed by atoms with van der Waals surface area (Å²) in [5.74, 6) is 0. The van der Waals surface area contributed by atoms with Crippen molar-refractivity contribution in [3.8, 4) is 11.1 Å². The quantitative estimate of drug-likeness (QED) is 0.291. The van der Waals surface area contributed by atoms with Gasteiger partial charge in [-0.3, -0.25) is 9.44 Å². The Hall–Kier alpha value is -3.52. The fourth-order valence-corrected chi connectivity index (χ4v) is 4.81. The van der Waals surface area contributed by atoms with Gasteiger partial charge in [-0.2, -0.15) is 43.2 Å². The van der Waals surface area contributed by atoms with Crippen molar-refractivity contribution >= 4 is 53.0 Å². The second-order valence-corrected chi connectivity index (χ2v) is 10.9. The van der Waals surface area contributed by atoms with Gasteiger partial charge < -0.3 is 0 Å². The Morgan fingerprint density at radius 3 is 1.17 bits per heavy atom. The lowest BCUT2D eigenvalue weighted by molar-refractivity contribution is -0.0435. The van der Waals surface area contributed by atoms with Crippen LogP contribution >= 0.6 is 0 Å². The van der Waals surface area contributed by atoms with Crippen molar-refractivity contribution in [1.82, 2.24) is 0 Å². The molecule has 0 amide bonds. The number of nitrogens with one attached hydrogen (secondary N) is 2. The Bertz CT molecular complexity index is 1570. The third-order valence-electron chi connectivity index (χ3n) is 5.21. The van der Waals surface area contributed by atoms with Gasteiger partial charge >= 0.3 is 31.1 Å². The number of benzene rings is 4. The van der Waals surface area contributed by atoms with Gasteiger partial charge in [0, 0.05) is 11.1 Å². The van der Waals surface area contributed by atoms with Crippen LogP contribution in [-0.4, -0.2) is 27.9 Å². The minimum absolute atomic E-state index is 0.156. The van der Waals surface area contributed by atoms with Gasteiger partial charge in [0.05, 0.1) is 11.4 Å². The normalized spacial score (nSPS) is 13.2. The Kier molecular flexibility index (Phi) is 6.07. The Morgan fingerprint density at radius 2 is 0.833 bits per heavy atom. The number of hydrogen-bond acceptors (Lipinski definition) is 4. The summed E-state index contributed by atoms with van der Waals surface area (Å²) in [6.07, 6.45) is 0. The van der Waals surface area contributed by atoms with Crippen molar-refractivity contribution in [2.75, 3.05) is 9.44 Å². The van der Waals surface area contributed by atoms with Crippen LogP contribution in [0.2, 0.25) is 0 Å². The molecule has 0 bridgehead atoms. The molecule has 0 atom stereocenters. The summed E-state index contributed by atoms with van der Waals surface area (Å²) in [6.45, 7) is 0. The zero-order chi connectivity index (χ0) is 26.5. The average molecular weight is 548 g/mol. The molecule has 0 aliphatic rings. The van der Waals surface area contributed by atoms with Gasteiger partial charge in [-0.05, 0) is 33.7 Å². The lowest BCUT2D eigenvalue weighted by Crippen LogP contribution is -2.30. The molecule has 190 valence electrons. The fourth-order valence-electron chi connectivity index (χ4n) is 3.66. The number of anilines is 2. The minimum Gasteiger partial charge on any atom is -0.275 e. The molecule has 4 rings (SSSR count). The van der Waals surface area contributed by atoms with Crippen LogP contribution in [0.25, 0.3) is 32.7 Å².